The summed E-state index contributed by atoms with van der Waals surface area (Å²) < 4.78 is 16.3. The Morgan fingerprint density at radius 2 is 1.91 bits per heavy atom. The van der Waals surface area contributed by atoms with Crippen LogP contribution in [0.25, 0.3) is 11.7 Å². The molecule has 6 nitrogen and oxygen atoms in total. The smallest absolute Gasteiger partial charge is 0.283 e. The minimum atomic E-state index is 0.402. The third-order valence-corrected chi connectivity index (χ3v) is 3.29. The van der Waals surface area contributed by atoms with Crippen LogP contribution in [0.5, 0.6) is 5.75 Å². The Balaban J connectivity index is 1.57. The molecule has 2 heterocycles. The molecule has 3 rings (SSSR count). The molecule has 0 aliphatic carbocycles. The number of aromatic nitrogens is 2. The zero-order valence-electron chi connectivity index (χ0n) is 13.2. The van der Waals surface area contributed by atoms with Gasteiger partial charge < -0.3 is 13.6 Å². The molecule has 0 saturated carbocycles. The lowest BCUT2D eigenvalue weighted by molar-refractivity contribution is 0.281. The summed E-state index contributed by atoms with van der Waals surface area (Å²) in [6.07, 6.45) is 1.58. The molecule has 0 bridgehead atoms. The largest absolute Gasteiger partial charge is 0.494 e. The van der Waals surface area contributed by atoms with Gasteiger partial charge in [-0.2, -0.15) is 0 Å². The predicted octanol–water partition coefficient (Wildman–Crippen LogP) is 3.36. The Morgan fingerprint density at radius 1 is 1.09 bits per heavy atom. The first-order valence-electron chi connectivity index (χ1n) is 7.51. The van der Waals surface area contributed by atoms with Gasteiger partial charge in [0.15, 0.2) is 5.76 Å². The number of hydrogen-bond acceptors (Lipinski definition) is 6. The van der Waals surface area contributed by atoms with Crippen molar-refractivity contribution in [3.05, 3.63) is 54.1 Å². The number of rotatable bonds is 7. The fourth-order valence-corrected chi connectivity index (χ4v) is 2.27. The van der Waals surface area contributed by atoms with Gasteiger partial charge in [-0.15, -0.1) is 10.2 Å². The molecule has 0 saturated heterocycles. The summed E-state index contributed by atoms with van der Waals surface area (Å²) in [5.74, 6) is 2.43. The second-order valence-electron chi connectivity index (χ2n) is 5.23. The summed E-state index contributed by atoms with van der Waals surface area (Å²) >= 11 is 0. The molecule has 0 amide bonds. The van der Waals surface area contributed by atoms with Crippen LogP contribution in [0.15, 0.2) is 51.5 Å². The van der Waals surface area contributed by atoms with E-state index < -0.39 is 0 Å². The molecule has 0 fully saturated rings. The van der Waals surface area contributed by atoms with Crippen LogP contribution in [-0.4, -0.2) is 28.8 Å². The lowest BCUT2D eigenvalue weighted by Crippen LogP contribution is -2.17. The van der Waals surface area contributed by atoms with Gasteiger partial charge in [0.2, 0.25) is 5.89 Å². The van der Waals surface area contributed by atoms with Crippen molar-refractivity contribution in [1.82, 2.24) is 15.1 Å². The number of furan rings is 1. The van der Waals surface area contributed by atoms with Crippen molar-refractivity contribution < 1.29 is 13.6 Å². The van der Waals surface area contributed by atoms with E-state index in [1.165, 1.54) is 5.56 Å². The third-order valence-electron chi connectivity index (χ3n) is 3.29. The maximum absolute atomic E-state index is 5.61. The molecular weight excluding hydrogens is 294 g/mol. The van der Waals surface area contributed by atoms with E-state index in [1.54, 1.807) is 18.4 Å². The monoisotopic (exact) mass is 313 g/mol. The van der Waals surface area contributed by atoms with Gasteiger partial charge in [0.1, 0.15) is 5.75 Å². The van der Waals surface area contributed by atoms with Crippen LogP contribution in [-0.2, 0) is 13.1 Å². The summed E-state index contributed by atoms with van der Waals surface area (Å²) in [6, 6.07) is 11.7. The predicted molar refractivity (Wildman–Crippen MR) is 84.8 cm³/mol. The summed E-state index contributed by atoms with van der Waals surface area (Å²) in [5.41, 5.74) is 1.20. The van der Waals surface area contributed by atoms with Crippen LogP contribution < -0.4 is 4.74 Å². The second-order valence-corrected chi connectivity index (χ2v) is 5.23. The number of ether oxygens (including phenoxy) is 1. The highest BCUT2D eigenvalue weighted by Gasteiger charge is 2.12. The van der Waals surface area contributed by atoms with E-state index in [9.17, 15) is 0 Å². The van der Waals surface area contributed by atoms with Crippen LogP contribution in [0.2, 0.25) is 0 Å². The standard InChI is InChI=1S/C17H19N3O3/c1-3-21-14-8-6-13(7-9-14)11-20(2)12-16-18-19-17(23-16)15-5-4-10-22-15/h4-10H,3,11-12H2,1-2H3. The zero-order chi connectivity index (χ0) is 16.1. The first-order chi connectivity index (χ1) is 11.2. The van der Waals surface area contributed by atoms with E-state index in [0.717, 1.165) is 12.3 Å². The first-order valence-corrected chi connectivity index (χ1v) is 7.51. The molecule has 0 aliphatic heterocycles. The van der Waals surface area contributed by atoms with Crippen LogP contribution in [0, 0.1) is 0 Å². The fourth-order valence-electron chi connectivity index (χ4n) is 2.27. The lowest BCUT2D eigenvalue weighted by Gasteiger charge is -2.14. The molecule has 2 aromatic heterocycles. The van der Waals surface area contributed by atoms with E-state index in [0.29, 0.717) is 30.7 Å². The Hall–Kier alpha value is -2.60. The number of benzene rings is 1. The van der Waals surface area contributed by atoms with Crippen molar-refractivity contribution in [2.75, 3.05) is 13.7 Å². The summed E-state index contributed by atoms with van der Waals surface area (Å²) in [5, 5.41) is 8.05. The second kappa shape index (κ2) is 7.11. The molecule has 120 valence electrons. The molecule has 23 heavy (non-hydrogen) atoms. The Morgan fingerprint density at radius 3 is 2.61 bits per heavy atom. The van der Waals surface area contributed by atoms with E-state index in [4.69, 9.17) is 13.6 Å². The van der Waals surface area contributed by atoms with Gasteiger partial charge in [0, 0.05) is 6.54 Å². The van der Waals surface area contributed by atoms with Crippen molar-refractivity contribution in [3.63, 3.8) is 0 Å². The van der Waals surface area contributed by atoms with E-state index in [1.807, 2.05) is 26.1 Å². The average Bonchev–Trinajstić information content (AvgIpc) is 3.20. The van der Waals surface area contributed by atoms with Gasteiger partial charge in [-0.25, -0.2) is 0 Å². The van der Waals surface area contributed by atoms with Crippen LogP contribution >= 0.6 is 0 Å². The minimum Gasteiger partial charge on any atom is -0.494 e. The first kappa shape index (κ1) is 15.3. The summed E-state index contributed by atoms with van der Waals surface area (Å²) in [7, 11) is 2.01. The molecule has 0 radical (unpaired) electrons. The molecule has 0 aliphatic rings. The molecular formula is C17H19N3O3. The lowest BCUT2D eigenvalue weighted by atomic mass is 10.2. The highest BCUT2D eigenvalue weighted by atomic mass is 16.5. The van der Waals surface area contributed by atoms with Gasteiger partial charge in [-0.1, -0.05) is 12.1 Å². The normalized spacial score (nSPS) is 11.1. The van der Waals surface area contributed by atoms with Crippen molar-refractivity contribution in [3.8, 4) is 17.4 Å². The average molecular weight is 313 g/mol. The number of nitrogens with zero attached hydrogens (tertiary/aromatic N) is 3. The van der Waals surface area contributed by atoms with Crippen molar-refractivity contribution in [2.24, 2.45) is 0 Å². The van der Waals surface area contributed by atoms with Crippen molar-refractivity contribution >= 4 is 0 Å². The van der Waals surface area contributed by atoms with Gasteiger partial charge in [0.25, 0.3) is 5.89 Å². The summed E-state index contributed by atoms with van der Waals surface area (Å²) in [6.45, 7) is 4.00. The molecule has 3 aromatic rings. The Labute approximate surface area is 134 Å². The molecule has 0 atom stereocenters. The maximum Gasteiger partial charge on any atom is 0.283 e. The van der Waals surface area contributed by atoms with Crippen molar-refractivity contribution in [2.45, 2.75) is 20.0 Å². The molecule has 0 spiro atoms. The summed E-state index contributed by atoms with van der Waals surface area (Å²) in [4.78, 5) is 2.11. The van der Waals surface area contributed by atoms with Gasteiger partial charge in [0.05, 0.1) is 19.4 Å². The molecule has 0 unspecified atom stereocenters. The fraction of sp³-hybridized carbons (Fsp3) is 0.294. The van der Waals surface area contributed by atoms with E-state index in [2.05, 4.69) is 27.2 Å². The Kier molecular flexibility index (Phi) is 4.73. The van der Waals surface area contributed by atoms with Crippen molar-refractivity contribution in [1.29, 1.82) is 0 Å². The van der Waals surface area contributed by atoms with Gasteiger partial charge >= 0.3 is 0 Å². The quantitative estimate of drug-likeness (QED) is 0.666. The van der Waals surface area contributed by atoms with Crippen LogP contribution in [0.4, 0.5) is 0 Å². The highest BCUT2D eigenvalue weighted by Crippen LogP contribution is 2.19. The molecule has 6 heteroatoms. The van der Waals surface area contributed by atoms with Gasteiger partial charge in [-0.05, 0) is 43.8 Å². The molecule has 0 N–H and O–H groups in total. The van der Waals surface area contributed by atoms with E-state index in [-0.39, 0.29) is 0 Å². The SMILES string of the molecule is CCOc1ccc(CN(C)Cc2nnc(-c3ccco3)o2)cc1. The van der Waals surface area contributed by atoms with Crippen LogP contribution in [0.3, 0.4) is 0 Å². The zero-order valence-corrected chi connectivity index (χ0v) is 13.2. The maximum atomic E-state index is 5.61. The molecule has 1 aromatic carbocycles. The topological polar surface area (TPSA) is 64.5 Å². The van der Waals surface area contributed by atoms with Gasteiger partial charge in [-0.3, -0.25) is 4.90 Å². The Bertz CT molecular complexity index is 720. The third kappa shape index (κ3) is 3.98. The highest BCUT2D eigenvalue weighted by molar-refractivity contribution is 5.42. The van der Waals surface area contributed by atoms with Crippen LogP contribution in [0.1, 0.15) is 18.4 Å². The number of hydrogen-bond donors (Lipinski definition) is 0. The van der Waals surface area contributed by atoms with E-state index >= 15 is 0 Å². The minimum absolute atomic E-state index is 0.402.